The molecule has 9 nitrogen and oxygen atoms in total. The Bertz CT molecular complexity index is 677. The molecule has 3 heterocycles. The molecule has 0 aliphatic carbocycles. The van der Waals surface area contributed by atoms with E-state index in [1.54, 1.807) is 25.7 Å². The summed E-state index contributed by atoms with van der Waals surface area (Å²) in [5.74, 6) is 0.924. The fourth-order valence-electron chi connectivity index (χ4n) is 2.78. The van der Waals surface area contributed by atoms with Crippen LogP contribution >= 0.6 is 0 Å². The van der Waals surface area contributed by atoms with Crippen molar-refractivity contribution in [1.82, 2.24) is 30.3 Å². The van der Waals surface area contributed by atoms with Crippen LogP contribution in [0.2, 0.25) is 0 Å². The summed E-state index contributed by atoms with van der Waals surface area (Å²) in [6.07, 6.45) is 5.84. The Morgan fingerprint density at radius 1 is 1.50 bits per heavy atom. The first-order valence-corrected chi connectivity index (χ1v) is 7.76. The third-order valence-corrected chi connectivity index (χ3v) is 3.97. The Morgan fingerprint density at radius 3 is 3.12 bits per heavy atom. The molecular formula is C15H20N6O3. The molecule has 24 heavy (non-hydrogen) atoms. The molecule has 2 aromatic heterocycles. The van der Waals surface area contributed by atoms with Crippen LogP contribution in [-0.2, 0) is 9.53 Å². The average molecular weight is 332 g/mol. The van der Waals surface area contributed by atoms with Gasteiger partial charge in [-0.05, 0) is 13.5 Å². The second-order valence-electron chi connectivity index (χ2n) is 5.75. The van der Waals surface area contributed by atoms with Crippen LogP contribution in [0, 0.1) is 0 Å². The van der Waals surface area contributed by atoms with Crippen molar-refractivity contribution in [3.05, 3.63) is 24.5 Å². The van der Waals surface area contributed by atoms with Gasteiger partial charge in [0.15, 0.2) is 0 Å². The summed E-state index contributed by atoms with van der Waals surface area (Å²) in [5.41, 5.74) is 0.567. The van der Waals surface area contributed by atoms with Crippen molar-refractivity contribution in [1.29, 1.82) is 0 Å². The number of nitrogens with one attached hydrogen (secondary N) is 1. The number of hydrogen-bond acceptors (Lipinski definition) is 8. The second kappa shape index (κ2) is 7.45. The third-order valence-electron chi connectivity index (χ3n) is 3.97. The van der Waals surface area contributed by atoms with Crippen molar-refractivity contribution in [3.8, 4) is 11.5 Å². The molecule has 1 fully saturated rings. The van der Waals surface area contributed by atoms with E-state index >= 15 is 0 Å². The number of likely N-dealkylation sites (N-methyl/N-ethyl adjacent to an activating group) is 1. The number of carbonyl (C=O) groups excluding carboxylic acids is 1. The van der Waals surface area contributed by atoms with Crippen LogP contribution in [-0.4, -0.2) is 64.3 Å². The van der Waals surface area contributed by atoms with Gasteiger partial charge in [-0.3, -0.25) is 14.7 Å². The van der Waals surface area contributed by atoms with Gasteiger partial charge in [-0.2, -0.15) is 4.98 Å². The van der Waals surface area contributed by atoms with E-state index in [2.05, 4.69) is 30.3 Å². The molecule has 1 aliphatic heterocycles. The number of carbonyl (C=O) groups is 1. The number of likely N-dealkylation sites (tertiary alicyclic amines) is 1. The number of amides is 1. The molecule has 9 heteroatoms. The van der Waals surface area contributed by atoms with Gasteiger partial charge in [-0.15, -0.1) is 0 Å². The molecule has 2 atom stereocenters. The highest BCUT2D eigenvalue weighted by Crippen LogP contribution is 2.30. The van der Waals surface area contributed by atoms with Crippen LogP contribution in [0.15, 0.2) is 23.1 Å². The zero-order valence-corrected chi connectivity index (χ0v) is 13.7. The number of nitrogens with zero attached hydrogens (tertiary/aromatic N) is 5. The lowest BCUT2D eigenvalue weighted by Crippen LogP contribution is -2.36. The zero-order valence-electron chi connectivity index (χ0n) is 13.7. The van der Waals surface area contributed by atoms with Gasteiger partial charge in [0.2, 0.25) is 17.6 Å². The topological polar surface area (TPSA) is 106 Å². The van der Waals surface area contributed by atoms with E-state index in [0.717, 1.165) is 13.0 Å². The number of hydrogen-bond donors (Lipinski definition) is 1. The Labute approximate surface area is 139 Å². The van der Waals surface area contributed by atoms with E-state index in [1.165, 1.54) is 0 Å². The summed E-state index contributed by atoms with van der Waals surface area (Å²) in [7, 11) is 3.55. The highest BCUT2D eigenvalue weighted by Gasteiger charge is 2.35. The second-order valence-corrected chi connectivity index (χ2v) is 5.75. The minimum atomic E-state index is -0.0318. The van der Waals surface area contributed by atoms with Crippen LogP contribution in [0.1, 0.15) is 24.8 Å². The maximum Gasteiger partial charge on any atom is 0.244 e. The predicted octanol–water partition coefficient (Wildman–Crippen LogP) is 0.425. The number of ether oxygens (including phenoxy) is 1. The molecule has 2 unspecified atom stereocenters. The Hall–Kier alpha value is -2.39. The van der Waals surface area contributed by atoms with Crippen LogP contribution in [0.4, 0.5) is 0 Å². The zero-order chi connectivity index (χ0) is 16.9. The van der Waals surface area contributed by atoms with Gasteiger partial charge < -0.3 is 14.6 Å². The molecule has 0 aromatic carbocycles. The van der Waals surface area contributed by atoms with Crippen LogP contribution in [0.25, 0.3) is 11.5 Å². The minimum Gasteiger partial charge on any atom is -0.384 e. The van der Waals surface area contributed by atoms with Gasteiger partial charge in [-0.25, -0.2) is 4.98 Å². The van der Waals surface area contributed by atoms with Gasteiger partial charge in [0.1, 0.15) is 5.69 Å². The quantitative estimate of drug-likeness (QED) is 0.811. The normalized spacial score (nSPS) is 21.1. The smallest absolute Gasteiger partial charge is 0.244 e. The van der Waals surface area contributed by atoms with Gasteiger partial charge in [0.25, 0.3) is 0 Å². The number of aromatic nitrogens is 4. The lowest BCUT2D eigenvalue weighted by Gasteiger charge is -2.14. The SMILES string of the molecule is COCCC(=O)NC1CC(c2nc(-c3cnccn3)no2)N(C)C1. The molecule has 3 rings (SSSR count). The maximum absolute atomic E-state index is 11.8. The number of rotatable bonds is 6. The van der Waals surface area contributed by atoms with Crippen molar-refractivity contribution in [2.45, 2.75) is 24.9 Å². The van der Waals surface area contributed by atoms with Gasteiger partial charge in [0.05, 0.1) is 18.8 Å². The molecule has 0 spiro atoms. The lowest BCUT2D eigenvalue weighted by atomic mass is 10.1. The van der Waals surface area contributed by atoms with E-state index in [1.807, 2.05) is 7.05 Å². The molecule has 0 saturated carbocycles. The first-order valence-electron chi connectivity index (χ1n) is 7.76. The van der Waals surface area contributed by atoms with Crippen LogP contribution in [0.5, 0.6) is 0 Å². The molecule has 128 valence electrons. The highest BCUT2D eigenvalue weighted by molar-refractivity contribution is 5.76. The summed E-state index contributed by atoms with van der Waals surface area (Å²) in [4.78, 5) is 26.5. The summed E-state index contributed by atoms with van der Waals surface area (Å²) in [6, 6.07) is 0.0202. The predicted molar refractivity (Wildman–Crippen MR) is 83.7 cm³/mol. The molecule has 0 bridgehead atoms. The average Bonchev–Trinajstić information content (AvgIpc) is 3.20. The molecule has 1 amide bonds. The fraction of sp³-hybridized carbons (Fsp3) is 0.533. The molecular weight excluding hydrogens is 312 g/mol. The standard InChI is InChI=1S/C15H20N6O3/c1-21-9-10(18-13(22)3-6-23-2)7-12(21)15-19-14(20-24-15)11-8-16-4-5-17-11/h4-5,8,10,12H,3,6-7,9H2,1-2H3,(H,18,22). The van der Waals surface area contributed by atoms with Crippen LogP contribution < -0.4 is 5.32 Å². The maximum atomic E-state index is 11.8. The fourth-order valence-corrected chi connectivity index (χ4v) is 2.78. The first-order chi connectivity index (χ1) is 11.7. The number of methoxy groups -OCH3 is 1. The molecule has 1 aliphatic rings. The summed E-state index contributed by atoms with van der Waals surface area (Å²) in [6.45, 7) is 1.15. The van der Waals surface area contributed by atoms with Crippen molar-refractivity contribution in [3.63, 3.8) is 0 Å². The lowest BCUT2D eigenvalue weighted by molar-refractivity contribution is -0.122. The third kappa shape index (κ3) is 3.74. The Balaban J connectivity index is 1.63. The molecule has 2 aromatic rings. The first kappa shape index (κ1) is 16.5. The van der Waals surface area contributed by atoms with Crippen molar-refractivity contribution in [2.24, 2.45) is 0 Å². The van der Waals surface area contributed by atoms with Crippen molar-refractivity contribution < 1.29 is 14.1 Å². The molecule has 1 N–H and O–H groups in total. The minimum absolute atomic E-state index is 0.0123. The summed E-state index contributed by atoms with van der Waals surface area (Å²) >= 11 is 0. The molecule has 1 saturated heterocycles. The summed E-state index contributed by atoms with van der Waals surface area (Å²) < 4.78 is 10.3. The van der Waals surface area contributed by atoms with Gasteiger partial charge in [0, 0.05) is 38.5 Å². The monoisotopic (exact) mass is 332 g/mol. The van der Waals surface area contributed by atoms with Crippen molar-refractivity contribution >= 4 is 5.91 Å². The van der Waals surface area contributed by atoms with Crippen LogP contribution in [0.3, 0.4) is 0 Å². The van der Waals surface area contributed by atoms with Gasteiger partial charge >= 0.3 is 0 Å². The van der Waals surface area contributed by atoms with E-state index in [4.69, 9.17) is 9.26 Å². The van der Waals surface area contributed by atoms with E-state index in [0.29, 0.717) is 30.4 Å². The summed E-state index contributed by atoms with van der Waals surface area (Å²) in [5, 5.41) is 6.98. The van der Waals surface area contributed by atoms with Crippen molar-refractivity contribution in [2.75, 3.05) is 27.3 Å². The Kier molecular flexibility index (Phi) is 5.11. The molecule has 0 radical (unpaired) electrons. The Morgan fingerprint density at radius 2 is 2.38 bits per heavy atom. The van der Waals surface area contributed by atoms with Gasteiger partial charge in [-0.1, -0.05) is 5.16 Å². The van der Waals surface area contributed by atoms with E-state index in [-0.39, 0.29) is 18.0 Å². The van der Waals surface area contributed by atoms with E-state index < -0.39 is 0 Å². The highest BCUT2D eigenvalue weighted by atomic mass is 16.5. The van der Waals surface area contributed by atoms with E-state index in [9.17, 15) is 4.79 Å². The largest absolute Gasteiger partial charge is 0.384 e.